The molecular weight excluding hydrogens is 292 g/mol. The number of carboxylic acids is 1. The zero-order chi connectivity index (χ0) is 17.2. The van der Waals surface area contributed by atoms with E-state index in [9.17, 15) is 4.79 Å². The number of hydrogen-bond donors (Lipinski definition) is 1. The zero-order valence-corrected chi connectivity index (χ0v) is 14.5. The summed E-state index contributed by atoms with van der Waals surface area (Å²) in [6, 6.07) is 5.54. The van der Waals surface area contributed by atoms with E-state index in [1.807, 2.05) is 32.0 Å². The fourth-order valence-electron chi connectivity index (χ4n) is 2.39. The van der Waals surface area contributed by atoms with Gasteiger partial charge in [0.25, 0.3) is 0 Å². The molecule has 2 unspecified atom stereocenters. The van der Waals surface area contributed by atoms with E-state index < -0.39 is 5.97 Å². The normalized spacial score (nSPS) is 13.7. The predicted molar refractivity (Wildman–Crippen MR) is 93.1 cm³/mol. The van der Waals surface area contributed by atoms with Crippen LogP contribution in [0, 0.1) is 0 Å². The second kappa shape index (κ2) is 9.93. The fourth-order valence-corrected chi connectivity index (χ4v) is 2.39. The molecule has 0 aliphatic carbocycles. The summed E-state index contributed by atoms with van der Waals surface area (Å²) >= 11 is 0. The number of aliphatic carboxylic acids is 1. The van der Waals surface area contributed by atoms with Crippen LogP contribution in [0.15, 0.2) is 24.3 Å². The van der Waals surface area contributed by atoms with E-state index in [2.05, 4.69) is 13.8 Å². The van der Waals surface area contributed by atoms with Gasteiger partial charge in [-0.2, -0.15) is 0 Å². The lowest BCUT2D eigenvalue weighted by molar-refractivity contribution is -0.131. The van der Waals surface area contributed by atoms with Crippen molar-refractivity contribution in [2.75, 3.05) is 0 Å². The highest BCUT2D eigenvalue weighted by atomic mass is 16.5. The zero-order valence-electron chi connectivity index (χ0n) is 14.5. The van der Waals surface area contributed by atoms with E-state index in [4.69, 9.17) is 14.6 Å². The molecule has 0 saturated heterocycles. The van der Waals surface area contributed by atoms with Gasteiger partial charge in [-0.3, -0.25) is 0 Å². The fraction of sp³-hybridized carbons (Fsp3) is 0.526. The van der Waals surface area contributed by atoms with E-state index in [1.165, 1.54) is 0 Å². The molecule has 1 N–H and O–H groups in total. The molecule has 0 radical (unpaired) electrons. The minimum absolute atomic E-state index is 0.111. The molecule has 4 nitrogen and oxygen atoms in total. The monoisotopic (exact) mass is 320 g/mol. The van der Waals surface area contributed by atoms with Gasteiger partial charge < -0.3 is 14.6 Å². The Morgan fingerprint density at radius 3 is 1.91 bits per heavy atom. The molecule has 2 atom stereocenters. The third kappa shape index (κ3) is 7.73. The summed E-state index contributed by atoms with van der Waals surface area (Å²) < 4.78 is 11.8. The second-order valence-electron chi connectivity index (χ2n) is 5.84. The van der Waals surface area contributed by atoms with Gasteiger partial charge >= 0.3 is 5.97 Å². The Morgan fingerprint density at radius 2 is 1.52 bits per heavy atom. The van der Waals surface area contributed by atoms with Crippen molar-refractivity contribution < 1.29 is 19.4 Å². The standard InChI is InChI=1S/C19H28O4/c1-5-7-14(3)22-17-11-16(9-10-19(20)21)12-18(13-17)23-15(4)8-6-2/h9-15H,5-8H2,1-4H3,(H,20,21). The van der Waals surface area contributed by atoms with Crippen molar-refractivity contribution in [3.63, 3.8) is 0 Å². The summed E-state index contributed by atoms with van der Waals surface area (Å²) in [7, 11) is 0. The molecule has 23 heavy (non-hydrogen) atoms. The topological polar surface area (TPSA) is 55.8 Å². The summed E-state index contributed by atoms with van der Waals surface area (Å²) in [5.74, 6) is 0.437. The van der Waals surface area contributed by atoms with Gasteiger partial charge in [0, 0.05) is 12.1 Å². The van der Waals surface area contributed by atoms with Crippen molar-refractivity contribution in [2.24, 2.45) is 0 Å². The van der Waals surface area contributed by atoms with E-state index in [0.29, 0.717) is 11.5 Å². The first kappa shape index (κ1) is 19.1. The van der Waals surface area contributed by atoms with Crippen LogP contribution in [0.4, 0.5) is 0 Å². The SMILES string of the molecule is CCCC(C)Oc1cc(C=CC(=O)O)cc(OC(C)CCC)c1. The smallest absolute Gasteiger partial charge is 0.328 e. The molecule has 0 heterocycles. The van der Waals surface area contributed by atoms with E-state index >= 15 is 0 Å². The molecule has 0 aliphatic heterocycles. The quantitative estimate of drug-likeness (QED) is 0.622. The molecule has 1 aromatic rings. The Kier molecular flexibility index (Phi) is 8.23. The third-order valence-electron chi connectivity index (χ3n) is 3.39. The second-order valence-corrected chi connectivity index (χ2v) is 5.84. The van der Waals surface area contributed by atoms with E-state index in [0.717, 1.165) is 37.3 Å². The maximum atomic E-state index is 10.7. The lowest BCUT2D eigenvalue weighted by atomic mass is 10.1. The summed E-state index contributed by atoms with van der Waals surface area (Å²) in [6.45, 7) is 8.30. The van der Waals surface area contributed by atoms with Crippen LogP contribution in [0.1, 0.15) is 58.9 Å². The third-order valence-corrected chi connectivity index (χ3v) is 3.39. The number of carboxylic acid groups (broad SMARTS) is 1. The molecule has 128 valence electrons. The first-order valence-electron chi connectivity index (χ1n) is 8.34. The van der Waals surface area contributed by atoms with Crippen LogP contribution in [-0.2, 0) is 4.79 Å². The van der Waals surface area contributed by atoms with Gasteiger partial charge in [-0.15, -0.1) is 0 Å². The first-order chi connectivity index (χ1) is 10.9. The highest BCUT2D eigenvalue weighted by Crippen LogP contribution is 2.26. The Morgan fingerprint density at radius 1 is 1.04 bits per heavy atom. The first-order valence-corrected chi connectivity index (χ1v) is 8.34. The minimum Gasteiger partial charge on any atom is -0.491 e. The van der Waals surface area contributed by atoms with Crippen molar-refractivity contribution in [2.45, 2.75) is 65.6 Å². The van der Waals surface area contributed by atoms with Gasteiger partial charge in [-0.25, -0.2) is 4.79 Å². The van der Waals surface area contributed by atoms with Crippen LogP contribution in [0.5, 0.6) is 11.5 Å². The summed E-state index contributed by atoms with van der Waals surface area (Å²) in [4.78, 5) is 10.7. The van der Waals surface area contributed by atoms with E-state index in [1.54, 1.807) is 6.08 Å². The Balaban J connectivity index is 2.98. The average Bonchev–Trinajstić information content (AvgIpc) is 2.45. The van der Waals surface area contributed by atoms with Crippen LogP contribution < -0.4 is 9.47 Å². The van der Waals surface area contributed by atoms with Gasteiger partial charge in [-0.1, -0.05) is 26.7 Å². The molecule has 1 aromatic carbocycles. The Hall–Kier alpha value is -1.97. The summed E-state index contributed by atoms with van der Waals surface area (Å²) in [5.41, 5.74) is 0.757. The maximum Gasteiger partial charge on any atom is 0.328 e. The van der Waals surface area contributed by atoms with Crippen molar-refractivity contribution in [3.8, 4) is 11.5 Å². The molecule has 0 bridgehead atoms. The summed E-state index contributed by atoms with van der Waals surface area (Å²) in [6.07, 6.45) is 6.94. The molecule has 0 aromatic heterocycles. The molecule has 4 heteroatoms. The molecule has 0 spiro atoms. The van der Waals surface area contributed by atoms with E-state index in [-0.39, 0.29) is 12.2 Å². The molecule has 0 fully saturated rings. The van der Waals surface area contributed by atoms with Crippen LogP contribution in [0.2, 0.25) is 0 Å². The summed E-state index contributed by atoms with van der Waals surface area (Å²) in [5, 5.41) is 8.79. The molecular formula is C19H28O4. The molecule has 1 rings (SSSR count). The van der Waals surface area contributed by atoms with Crippen molar-refractivity contribution in [3.05, 3.63) is 29.8 Å². The largest absolute Gasteiger partial charge is 0.491 e. The van der Waals surface area contributed by atoms with Crippen molar-refractivity contribution >= 4 is 12.0 Å². The molecule has 0 aliphatic rings. The van der Waals surface area contributed by atoms with Gasteiger partial charge in [0.1, 0.15) is 11.5 Å². The average molecular weight is 320 g/mol. The highest BCUT2D eigenvalue weighted by Gasteiger charge is 2.09. The molecule has 0 saturated carbocycles. The van der Waals surface area contributed by atoms with Crippen molar-refractivity contribution in [1.82, 2.24) is 0 Å². The Bertz CT molecular complexity index is 490. The van der Waals surface area contributed by atoms with Crippen LogP contribution in [0.3, 0.4) is 0 Å². The number of ether oxygens (including phenoxy) is 2. The predicted octanol–water partition coefficient (Wildman–Crippen LogP) is 4.92. The molecule has 0 amide bonds. The number of benzene rings is 1. The van der Waals surface area contributed by atoms with Gasteiger partial charge in [0.05, 0.1) is 12.2 Å². The van der Waals surface area contributed by atoms with Gasteiger partial charge in [0.15, 0.2) is 0 Å². The number of carbonyl (C=O) groups is 1. The van der Waals surface area contributed by atoms with Crippen LogP contribution in [0.25, 0.3) is 6.08 Å². The lowest BCUT2D eigenvalue weighted by Crippen LogP contribution is -2.13. The highest BCUT2D eigenvalue weighted by molar-refractivity contribution is 5.85. The number of hydrogen-bond acceptors (Lipinski definition) is 3. The van der Waals surface area contributed by atoms with Crippen LogP contribution in [-0.4, -0.2) is 23.3 Å². The number of rotatable bonds is 10. The van der Waals surface area contributed by atoms with Gasteiger partial charge in [-0.05, 0) is 50.5 Å². The van der Waals surface area contributed by atoms with Crippen molar-refractivity contribution in [1.29, 1.82) is 0 Å². The maximum absolute atomic E-state index is 10.7. The van der Waals surface area contributed by atoms with Crippen LogP contribution >= 0.6 is 0 Å². The van der Waals surface area contributed by atoms with Gasteiger partial charge in [0.2, 0.25) is 0 Å². The lowest BCUT2D eigenvalue weighted by Gasteiger charge is -2.18. The Labute approximate surface area is 139 Å². The minimum atomic E-state index is -0.975.